The molecule has 1 heterocycles. The van der Waals surface area contributed by atoms with Crippen LogP contribution in [0.15, 0.2) is 18.2 Å². The molecule has 1 atom stereocenters. The van der Waals surface area contributed by atoms with Crippen molar-refractivity contribution in [1.82, 2.24) is 5.32 Å². The van der Waals surface area contributed by atoms with Crippen LogP contribution in [0, 0.1) is 0 Å². The zero-order valence-corrected chi connectivity index (χ0v) is 10.2. The predicted octanol–water partition coefficient (Wildman–Crippen LogP) is 3.05. The van der Waals surface area contributed by atoms with Gasteiger partial charge in [-0.3, -0.25) is 4.79 Å². The number of amides is 1. The van der Waals surface area contributed by atoms with E-state index in [1.807, 2.05) is 0 Å². The Balaban J connectivity index is 2.47. The van der Waals surface area contributed by atoms with Gasteiger partial charge in [0.1, 0.15) is 0 Å². The molecular formula is C14H19NO. The van der Waals surface area contributed by atoms with Crippen molar-refractivity contribution in [3.8, 4) is 0 Å². The van der Waals surface area contributed by atoms with Crippen LogP contribution in [0.25, 0.3) is 0 Å². The summed E-state index contributed by atoms with van der Waals surface area (Å²) in [5, 5.41) is 2.97. The number of carbonyl (C=O) groups excluding carboxylic acids is 1. The quantitative estimate of drug-likeness (QED) is 0.810. The highest BCUT2D eigenvalue weighted by atomic mass is 16.1. The van der Waals surface area contributed by atoms with Crippen LogP contribution >= 0.6 is 0 Å². The Morgan fingerprint density at radius 1 is 1.44 bits per heavy atom. The van der Waals surface area contributed by atoms with Crippen molar-refractivity contribution in [3.05, 3.63) is 34.9 Å². The van der Waals surface area contributed by atoms with Crippen LogP contribution in [-0.2, 0) is 0 Å². The lowest BCUT2D eigenvalue weighted by Gasteiger charge is -2.25. The molecule has 1 aliphatic rings. The van der Waals surface area contributed by atoms with Gasteiger partial charge in [0.2, 0.25) is 0 Å². The average Bonchev–Trinajstić information content (AvgIpc) is 2.29. The Hall–Kier alpha value is -1.31. The zero-order chi connectivity index (χ0) is 11.7. The molecule has 0 fully saturated rings. The highest BCUT2D eigenvalue weighted by Crippen LogP contribution is 2.29. The normalized spacial score (nSPS) is 19.5. The highest BCUT2D eigenvalue weighted by Gasteiger charge is 2.24. The summed E-state index contributed by atoms with van der Waals surface area (Å²) in [6.07, 6.45) is 1.08. The number of rotatable bonds is 2. The second kappa shape index (κ2) is 4.28. The summed E-state index contributed by atoms with van der Waals surface area (Å²) in [6, 6.07) is 6.35. The van der Waals surface area contributed by atoms with Gasteiger partial charge < -0.3 is 5.32 Å². The molecule has 0 radical (unpaired) electrons. The van der Waals surface area contributed by atoms with Gasteiger partial charge in [0.15, 0.2) is 0 Å². The summed E-state index contributed by atoms with van der Waals surface area (Å²) in [6.45, 7) is 7.26. The van der Waals surface area contributed by atoms with Crippen LogP contribution in [0.3, 0.4) is 0 Å². The van der Waals surface area contributed by atoms with Gasteiger partial charge in [0.25, 0.3) is 5.91 Å². The monoisotopic (exact) mass is 217 g/mol. The molecular weight excluding hydrogens is 198 g/mol. The van der Waals surface area contributed by atoms with Crippen molar-refractivity contribution in [1.29, 1.82) is 0 Å². The molecule has 1 aromatic rings. The Bertz CT molecular complexity index is 409. The average molecular weight is 217 g/mol. The third-order valence-electron chi connectivity index (χ3n) is 3.43. The van der Waals surface area contributed by atoms with Crippen molar-refractivity contribution in [2.75, 3.05) is 6.54 Å². The third kappa shape index (κ3) is 1.84. The van der Waals surface area contributed by atoms with E-state index in [1.54, 1.807) is 0 Å². The number of hydrogen-bond acceptors (Lipinski definition) is 1. The van der Waals surface area contributed by atoms with Gasteiger partial charge in [-0.2, -0.15) is 0 Å². The number of benzene rings is 1. The van der Waals surface area contributed by atoms with Crippen molar-refractivity contribution < 1.29 is 4.79 Å². The molecule has 2 nitrogen and oxygen atoms in total. The molecule has 1 N–H and O–H groups in total. The fourth-order valence-electron chi connectivity index (χ4n) is 2.27. The van der Waals surface area contributed by atoms with E-state index in [2.05, 4.69) is 44.3 Å². The summed E-state index contributed by atoms with van der Waals surface area (Å²) in [7, 11) is 0. The summed E-state index contributed by atoms with van der Waals surface area (Å²) < 4.78 is 0. The van der Waals surface area contributed by atoms with E-state index in [0.29, 0.717) is 11.8 Å². The first-order valence-electron chi connectivity index (χ1n) is 6.05. The molecule has 0 spiro atoms. The lowest BCUT2D eigenvalue weighted by atomic mass is 9.86. The Labute approximate surface area is 97.1 Å². The first kappa shape index (κ1) is 11.2. The molecule has 1 amide bonds. The SMILES string of the molecule is CC[C@H]1CNC(=O)c2cc(C(C)C)ccc21. The van der Waals surface area contributed by atoms with Crippen molar-refractivity contribution in [3.63, 3.8) is 0 Å². The number of nitrogens with one attached hydrogen (secondary N) is 1. The molecule has 0 aromatic heterocycles. The molecule has 86 valence electrons. The summed E-state index contributed by atoms with van der Waals surface area (Å²) in [4.78, 5) is 11.8. The molecule has 16 heavy (non-hydrogen) atoms. The summed E-state index contributed by atoms with van der Waals surface area (Å²) >= 11 is 0. The van der Waals surface area contributed by atoms with Crippen LogP contribution in [-0.4, -0.2) is 12.5 Å². The van der Waals surface area contributed by atoms with E-state index in [1.165, 1.54) is 11.1 Å². The largest absolute Gasteiger partial charge is 0.351 e. The van der Waals surface area contributed by atoms with E-state index >= 15 is 0 Å². The molecule has 0 saturated carbocycles. The summed E-state index contributed by atoms with van der Waals surface area (Å²) in [5.74, 6) is 1.04. The van der Waals surface area contributed by atoms with Crippen molar-refractivity contribution in [2.45, 2.75) is 39.0 Å². The standard InChI is InChI=1S/C14H19NO/c1-4-10-8-15-14(16)13-7-11(9(2)3)5-6-12(10)13/h5-7,9-10H,4,8H2,1-3H3,(H,15,16)/t10-/m0/s1. The second-order valence-corrected chi connectivity index (χ2v) is 4.82. The van der Waals surface area contributed by atoms with Crippen LogP contribution in [0.1, 0.15) is 60.5 Å². The minimum Gasteiger partial charge on any atom is -0.351 e. The van der Waals surface area contributed by atoms with E-state index in [9.17, 15) is 4.79 Å². The third-order valence-corrected chi connectivity index (χ3v) is 3.43. The highest BCUT2D eigenvalue weighted by molar-refractivity contribution is 5.97. The number of carbonyl (C=O) groups is 1. The summed E-state index contributed by atoms with van der Waals surface area (Å²) in [5.41, 5.74) is 3.34. The fourth-order valence-corrected chi connectivity index (χ4v) is 2.27. The van der Waals surface area contributed by atoms with Crippen LogP contribution < -0.4 is 5.32 Å². The molecule has 0 aliphatic carbocycles. The van der Waals surface area contributed by atoms with Gasteiger partial charge in [-0.05, 0) is 29.5 Å². The van der Waals surface area contributed by atoms with Gasteiger partial charge in [-0.25, -0.2) is 0 Å². The first-order valence-corrected chi connectivity index (χ1v) is 6.05. The van der Waals surface area contributed by atoms with Crippen molar-refractivity contribution in [2.24, 2.45) is 0 Å². The molecule has 2 heteroatoms. The second-order valence-electron chi connectivity index (χ2n) is 4.82. The van der Waals surface area contributed by atoms with Gasteiger partial charge in [0.05, 0.1) is 0 Å². The molecule has 0 saturated heterocycles. The Morgan fingerprint density at radius 2 is 2.19 bits per heavy atom. The maximum atomic E-state index is 11.8. The maximum absolute atomic E-state index is 11.8. The minimum atomic E-state index is 0.0854. The lowest BCUT2D eigenvalue weighted by molar-refractivity contribution is 0.0939. The zero-order valence-electron chi connectivity index (χ0n) is 10.2. The van der Waals surface area contributed by atoms with Gasteiger partial charge in [-0.1, -0.05) is 32.9 Å². The first-order chi connectivity index (χ1) is 7.63. The number of hydrogen-bond donors (Lipinski definition) is 1. The molecule has 0 bridgehead atoms. The molecule has 1 aliphatic heterocycles. The lowest BCUT2D eigenvalue weighted by Crippen LogP contribution is -2.34. The molecule has 1 aromatic carbocycles. The van der Waals surface area contributed by atoms with Crippen LogP contribution in [0.5, 0.6) is 0 Å². The Kier molecular flexibility index (Phi) is 2.99. The van der Waals surface area contributed by atoms with E-state index < -0.39 is 0 Å². The van der Waals surface area contributed by atoms with E-state index in [4.69, 9.17) is 0 Å². The topological polar surface area (TPSA) is 29.1 Å². The van der Waals surface area contributed by atoms with Crippen molar-refractivity contribution >= 4 is 5.91 Å². The smallest absolute Gasteiger partial charge is 0.251 e. The van der Waals surface area contributed by atoms with Crippen LogP contribution in [0.2, 0.25) is 0 Å². The maximum Gasteiger partial charge on any atom is 0.251 e. The minimum absolute atomic E-state index is 0.0854. The van der Waals surface area contributed by atoms with Gasteiger partial charge in [-0.15, -0.1) is 0 Å². The van der Waals surface area contributed by atoms with E-state index in [-0.39, 0.29) is 5.91 Å². The van der Waals surface area contributed by atoms with E-state index in [0.717, 1.165) is 18.5 Å². The molecule has 2 rings (SSSR count). The van der Waals surface area contributed by atoms with Gasteiger partial charge in [0, 0.05) is 18.0 Å². The van der Waals surface area contributed by atoms with Gasteiger partial charge >= 0.3 is 0 Å². The molecule has 0 unspecified atom stereocenters. The fraction of sp³-hybridized carbons (Fsp3) is 0.500. The Morgan fingerprint density at radius 3 is 2.81 bits per heavy atom. The number of fused-ring (bicyclic) bond motifs is 1. The predicted molar refractivity (Wildman–Crippen MR) is 65.9 cm³/mol. The van der Waals surface area contributed by atoms with Crippen LogP contribution in [0.4, 0.5) is 0 Å².